The summed E-state index contributed by atoms with van der Waals surface area (Å²) >= 11 is 0. The van der Waals surface area contributed by atoms with Gasteiger partial charge in [-0.25, -0.2) is 15.0 Å². The van der Waals surface area contributed by atoms with Gasteiger partial charge >= 0.3 is 0 Å². The topological polar surface area (TPSA) is 51.6 Å². The van der Waals surface area contributed by atoms with Crippen molar-refractivity contribution in [3.8, 4) is 56.4 Å². The monoisotopic (exact) mass is 612 g/mol. The summed E-state index contributed by atoms with van der Waals surface area (Å²) in [6.45, 7) is 0. The smallest absolute Gasteiger partial charge is 0.164 e. The zero-order valence-electron chi connectivity index (χ0n) is 26.0. The van der Waals surface area contributed by atoms with Gasteiger partial charge in [-0.1, -0.05) is 133 Å². The Morgan fingerprint density at radius 1 is 0.312 bits per heavy atom. The summed E-state index contributed by atoms with van der Waals surface area (Å²) in [5.74, 6) is 1.88. The number of rotatable bonds is 5. The lowest BCUT2D eigenvalue weighted by molar-refractivity contribution is 1.07. The van der Waals surface area contributed by atoms with Gasteiger partial charge in [-0.15, -0.1) is 0 Å². The molecule has 0 spiro atoms. The van der Waals surface area contributed by atoms with Crippen molar-refractivity contribution in [3.05, 3.63) is 170 Å². The van der Waals surface area contributed by atoms with Crippen LogP contribution in [-0.2, 0) is 0 Å². The molecular weight excluding hydrogens is 585 g/mol. The third-order valence-corrected chi connectivity index (χ3v) is 8.93. The Labute approximate surface area is 278 Å². The number of hydrogen-bond acceptors (Lipinski definition) is 4. The molecule has 0 N–H and O–H groups in total. The van der Waals surface area contributed by atoms with E-state index in [4.69, 9.17) is 15.0 Å². The van der Waals surface area contributed by atoms with E-state index in [1.165, 1.54) is 27.1 Å². The summed E-state index contributed by atoms with van der Waals surface area (Å²) in [6.07, 6.45) is 3.89. The third kappa shape index (κ3) is 4.97. The molecule has 2 aromatic heterocycles. The largest absolute Gasteiger partial charge is 0.263 e. The maximum atomic E-state index is 5.12. The van der Waals surface area contributed by atoms with Crippen molar-refractivity contribution in [1.29, 1.82) is 0 Å². The highest BCUT2D eigenvalue weighted by Crippen LogP contribution is 2.41. The summed E-state index contributed by atoms with van der Waals surface area (Å²) in [7, 11) is 0. The number of benzene rings is 7. The van der Waals surface area contributed by atoms with Gasteiger partial charge in [0.05, 0.1) is 0 Å². The second-order valence-corrected chi connectivity index (χ2v) is 11.9. The fourth-order valence-electron chi connectivity index (χ4n) is 6.67. The molecule has 0 aliphatic heterocycles. The van der Waals surface area contributed by atoms with E-state index in [0.29, 0.717) is 17.5 Å². The van der Waals surface area contributed by atoms with Crippen LogP contribution in [0, 0.1) is 0 Å². The summed E-state index contributed by atoms with van der Waals surface area (Å²) in [6, 6.07) is 54.9. The Bertz CT molecular complexity index is 2500. The standard InChI is InChI=1S/C44H28N4/c1-3-13-29(14-4-1)42-46-43(30-15-5-2-6-16-30)48-44(47-42)36-25-34(40-28-45-27-33-19-9-10-20-37(33)40)24-35(26-36)41-38-21-11-7-17-31(38)23-32-18-8-12-22-39(32)41/h1-28H. The Hall–Kier alpha value is -6.52. The van der Waals surface area contributed by atoms with Crippen LogP contribution in [0.15, 0.2) is 170 Å². The first-order valence-corrected chi connectivity index (χ1v) is 16.0. The first-order chi connectivity index (χ1) is 23.8. The molecule has 0 saturated heterocycles. The molecule has 0 fully saturated rings. The van der Waals surface area contributed by atoms with Crippen LogP contribution in [0.5, 0.6) is 0 Å². The van der Waals surface area contributed by atoms with Gasteiger partial charge in [0.25, 0.3) is 0 Å². The lowest BCUT2D eigenvalue weighted by Gasteiger charge is -2.16. The van der Waals surface area contributed by atoms with Gasteiger partial charge < -0.3 is 0 Å². The summed E-state index contributed by atoms with van der Waals surface area (Å²) in [4.78, 5) is 19.8. The second kappa shape index (κ2) is 11.7. The first-order valence-electron chi connectivity index (χ1n) is 16.0. The molecule has 9 aromatic rings. The van der Waals surface area contributed by atoms with E-state index >= 15 is 0 Å². The van der Waals surface area contributed by atoms with E-state index in [1.54, 1.807) is 0 Å². The van der Waals surface area contributed by atoms with Gasteiger partial charge in [-0.2, -0.15) is 0 Å². The van der Waals surface area contributed by atoms with Crippen LogP contribution in [-0.4, -0.2) is 19.9 Å². The highest BCUT2D eigenvalue weighted by Gasteiger charge is 2.18. The van der Waals surface area contributed by atoms with Gasteiger partial charge in [-0.05, 0) is 67.9 Å². The van der Waals surface area contributed by atoms with Crippen LogP contribution < -0.4 is 0 Å². The minimum atomic E-state index is 0.614. The Morgan fingerprint density at radius 2 is 0.771 bits per heavy atom. The van der Waals surface area contributed by atoms with E-state index in [1.807, 2.05) is 73.1 Å². The quantitative estimate of drug-likeness (QED) is 0.181. The van der Waals surface area contributed by atoms with Crippen LogP contribution in [0.25, 0.3) is 88.7 Å². The molecule has 48 heavy (non-hydrogen) atoms. The Balaban J connectivity index is 1.37. The van der Waals surface area contributed by atoms with Crippen molar-refractivity contribution in [2.24, 2.45) is 0 Å². The van der Waals surface area contributed by atoms with Crippen molar-refractivity contribution in [3.63, 3.8) is 0 Å². The summed E-state index contributed by atoms with van der Waals surface area (Å²) < 4.78 is 0. The van der Waals surface area contributed by atoms with Crippen molar-refractivity contribution >= 4 is 32.3 Å². The molecule has 0 aliphatic rings. The minimum absolute atomic E-state index is 0.614. The molecule has 4 nitrogen and oxygen atoms in total. The molecule has 9 rings (SSSR count). The molecule has 0 atom stereocenters. The molecule has 2 heterocycles. The molecule has 7 aromatic carbocycles. The number of hydrogen-bond donors (Lipinski definition) is 0. The van der Waals surface area contributed by atoms with Gasteiger partial charge in [0.15, 0.2) is 17.5 Å². The normalized spacial score (nSPS) is 11.3. The molecule has 224 valence electrons. The first kappa shape index (κ1) is 27.8. The van der Waals surface area contributed by atoms with Crippen LogP contribution >= 0.6 is 0 Å². The van der Waals surface area contributed by atoms with E-state index < -0.39 is 0 Å². The fraction of sp³-hybridized carbons (Fsp3) is 0. The molecule has 0 radical (unpaired) electrons. The van der Waals surface area contributed by atoms with Crippen molar-refractivity contribution in [2.45, 2.75) is 0 Å². The molecule has 0 bridgehead atoms. The van der Waals surface area contributed by atoms with Crippen molar-refractivity contribution < 1.29 is 0 Å². The predicted molar refractivity (Wildman–Crippen MR) is 197 cm³/mol. The van der Waals surface area contributed by atoms with E-state index in [0.717, 1.165) is 44.2 Å². The zero-order chi connectivity index (χ0) is 31.9. The summed E-state index contributed by atoms with van der Waals surface area (Å²) in [5.41, 5.74) is 7.16. The van der Waals surface area contributed by atoms with Gasteiger partial charge in [0.1, 0.15) is 0 Å². The third-order valence-electron chi connectivity index (χ3n) is 8.93. The van der Waals surface area contributed by atoms with Crippen LogP contribution in [0.4, 0.5) is 0 Å². The van der Waals surface area contributed by atoms with Crippen LogP contribution in [0.2, 0.25) is 0 Å². The maximum Gasteiger partial charge on any atom is 0.164 e. The SMILES string of the molecule is c1ccc(-c2nc(-c3ccccc3)nc(-c3cc(-c4cncc5ccccc45)cc(-c4c5ccccc5cc5ccccc45)c3)n2)cc1. The van der Waals surface area contributed by atoms with Gasteiger partial charge in [0.2, 0.25) is 0 Å². The van der Waals surface area contributed by atoms with Crippen molar-refractivity contribution in [1.82, 2.24) is 19.9 Å². The molecule has 0 amide bonds. The molecule has 0 unspecified atom stereocenters. The van der Waals surface area contributed by atoms with E-state index in [9.17, 15) is 0 Å². The van der Waals surface area contributed by atoms with Crippen LogP contribution in [0.3, 0.4) is 0 Å². The lowest BCUT2D eigenvalue weighted by atomic mass is 9.89. The highest BCUT2D eigenvalue weighted by atomic mass is 15.0. The number of fused-ring (bicyclic) bond motifs is 3. The lowest BCUT2D eigenvalue weighted by Crippen LogP contribution is -2.00. The average molecular weight is 613 g/mol. The molecule has 4 heteroatoms. The van der Waals surface area contributed by atoms with Gasteiger partial charge in [0, 0.05) is 40.0 Å². The number of aromatic nitrogens is 4. The number of nitrogens with zero attached hydrogens (tertiary/aromatic N) is 4. The van der Waals surface area contributed by atoms with E-state index in [-0.39, 0.29) is 0 Å². The van der Waals surface area contributed by atoms with Crippen molar-refractivity contribution in [2.75, 3.05) is 0 Å². The van der Waals surface area contributed by atoms with E-state index in [2.05, 4.69) is 102 Å². The fourth-order valence-corrected chi connectivity index (χ4v) is 6.67. The Morgan fingerprint density at radius 3 is 1.38 bits per heavy atom. The predicted octanol–water partition coefficient (Wildman–Crippen LogP) is 11.1. The Kier molecular flexibility index (Phi) is 6.76. The summed E-state index contributed by atoms with van der Waals surface area (Å²) in [5, 5.41) is 7.02. The highest BCUT2D eigenvalue weighted by molar-refractivity contribution is 6.13. The molecule has 0 aliphatic carbocycles. The maximum absolute atomic E-state index is 5.12. The second-order valence-electron chi connectivity index (χ2n) is 11.9. The molecule has 0 saturated carbocycles. The molecular formula is C44H28N4. The zero-order valence-corrected chi connectivity index (χ0v) is 26.0. The number of pyridine rings is 1. The van der Waals surface area contributed by atoms with Gasteiger partial charge in [-0.3, -0.25) is 4.98 Å². The minimum Gasteiger partial charge on any atom is -0.263 e. The average Bonchev–Trinajstić information content (AvgIpc) is 3.17. The van der Waals surface area contributed by atoms with Crippen LogP contribution in [0.1, 0.15) is 0 Å².